The number of halogens is 1. The maximum Gasteiger partial charge on any atom is 0.241 e. The maximum absolute atomic E-state index is 11.7. The standard InChI is InChI=1S/C11H15IN2O2/c1-16-7-6-9(13)11(15)14-10-5-3-2-4-8(10)12/h2-5,9H,6-7,13H2,1H3,(H,14,15). The van der Waals surface area contributed by atoms with Crippen LogP contribution in [0.1, 0.15) is 6.42 Å². The van der Waals surface area contributed by atoms with Gasteiger partial charge >= 0.3 is 0 Å². The summed E-state index contributed by atoms with van der Waals surface area (Å²) in [7, 11) is 1.59. The van der Waals surface area contributed by atoms with Gasteiger partial charge in [0.1, 0.15) is 0 Å². The third-order valence-corrected chi connectivity index (χ3v) is 3.04. The van der Waals surface area contributed by atoms with Crippen molar-refractivity contribution in [1.82, 2.24) is 0 Å². The molecule has 1 amide bonds. The second-order valence-corrected chi connectivity index (χ2v) is 4.52. The number of rotatable bonds is 5. The molecule has 3 N–H and O–H groups in total. The molecule has 0 spiro atoms. The first kappa shape index (κ1) is 13.4. The molecule has 1 aromatic rings. The molecular weight excluding hydrogens is 319 g/mol. The summed E-state index contributed by atoms with van der Waals surface area (Å²) in [4.78, 5) is 11.7. The van der Waals surface area contributed by atoms with Gasteiger partial charge in [-0.25, -0.2) is 0 Å². The molecular formula is C11H15IN2O2. The van der Waals surface area contributed by atoms with E-state index >= 15 is 0 Å². The van der Waals surface area contributed by atoms with Crippen LogP contribution in [0.3, 0.4) is 0 Å². The second-order valence-electron chi connectivity index (χ2n) is 3.36. The first-order valence-corrected chi connectivity index (χ1v) is 6.03. The molecule has 88 valence electrons. The SMILES string of the molecule is COCCC(N)C(=O)Nc1ccccc1I. The van der Waals surface area contributed by atoms with Crippen LogP contribution < -0.4 is 11.1 Å². The van der Waals surface area contributed by atoms with Crippen molar-refractivity contribution in [2.24, 2.45) is 5.73 Å². The Morgan fingerprint density at radius 1 is 1.56 bits per heavy atom. The van der Waals surface area contributed by atoms with Gasteiger partial charge in [0.25, 0.3) is 0 Å². The molecule has 0 bridgehead atoms. The van der Waals surface area contributed by atoms with Crippen molar-refractivity contribution in [1.29, 1.82) is 0 Å². The van der Waals surface area contributed by atoms with E-state index in [1.807, 2.05) is 24.3 Å². The summed E-state index contributed by atoms with van der Waals surface area (Å²) < 4.78 is 5.87. The van der Waals surface area contributed by atoms with Gasteiger partial charge in [0.2, 0.25) is 5.91 Å². The minimum Gasteiger partial charge on any atom is -0.385 e. The molecule has 0 aromatic heterocycles. The highest BCUT2D eigenvalue weighted by Gasteiger charge is 2.13. The summed E-state index contributed by atoms with van der Waals surface area (Å²) in [5.41, 5.74) is 6.50. The molecule has 0 aliphatic heterocycles. The van der Waals surface area contributed by atoms with Gasteiger partial charge < -0.3 is 15.8 Å². The maximum atomic E-state index is 11.7. The van der Waals surface area contributed by atoms with Crippen molar-refractivity contribution < 1.29 is 9.53 Å². The number of amides is 1. The van der Waals surface area contributed by atoms with Crippen molar-refractivity contribution in [3.8, 4) is 0 Å². The van der Waals surface area contributed by atoms with Crippen LogP contribution in [-0.4, -0.2) is 25.7 Å². The summed E-state index contributed by atoms with van der Waals surface area (Å²) in [6.07, 6.45) is 0.520. The Hall–Kier alpha value is -0.660. The van der Waals surface area contributed by atoms with E-state index in [0.29, 0.717) is 13.0 Å². The molecule has 4 nitrogen and oxygen atoms in total. The van der Waals surface area contributed by atoms with E-state index < -0.39 is 6.04 Å². The molecule has 1 atom stereocenters. The van der Waals surface area contributed by atoms with Crippen LogP contribution in [0.2, 0.25) is 0 Å². The number of ether oxygens (including phenoxy) is 1. The Morgan fingerprint density at radius 2 is 2.25 bits per heavy atom. The Morgan fingerprint density at radius 3 is 2.88 bits per heavy atom. The van der Waals surface area contributed by atoms with Crippen molar-refractivity contribution in [3.05, 3.63) is 27.8 Å². The molecule has 1 unspecified atom stereocenters. The lowest BCUT2D eigenvalue weighted by Gasteiger charge is -2.12. The summed E-state index contributed by atoms with van der Waals surface area (Å²) in [5, 5.41) is 2.79. The lowest BCUT2D eigenvalue weighted by molar-refractivity contribution is -0.117. The highest BCUT2D eigenvalue weighted by Crippen LogP contribution is 2.17. The normalized spacial score (nSPS) is 12.2. The minimum atomic E-state index is -0.532. The molecule has 16 heavy (non-hydrogen) atoms. The third-order valence-electron chi connectivity index (χ3n) is 2.10. The van der Waals surface area contributed by atoms with Crippen LogP contribution in [0, 0.1) is 3.57 Å². The van der Waals surface area contributed by atoms with Crippen molar-refractivity contribution in [2.75, 3.05) is 19.0 Å². The van der Waals surface area contributed by atoms with E-state index in [1.165, 1.54) is 0 Å². The monoisotopic (exact) mass is 334 g/mol. The number of nitrogens with one attached hydrogen (secondary N) is 1. The second kappa shape index (κ2) is 6.82. The molecule has 0 aliphatic carbocycles. The minimum absolute atomic E-state index is 0.179. The van der Waals surface area contributed by atoms with E-state index in [-0.39, 0.29) is 5.91 Å². The Kier molecular flexibility index (Phi) is 5.72. The Balaban J connectivity index is 2.54. The number of carbonyl (C=O) groups excluding carboxylic acids is 1. The molecule has 0 fully saturated rings. The molecule has 1 rings (SSSR count). The zero-order chi connectivity index (χ0) is 12.0. The number of benzene rings is 1. The molecule has 0 radical (unpaired) electrons. The number of methoxy groups -OCH3 is 1. The van der Waals surface area contributed by atoms with E-state index in [2.05, 4.69) is 27.9 Å². The average Bonchev–Trinajstić information content (AvgIpc) is 2.28. The lowest BCUT2D eigenvalue weighted by Crippen LogP contribution is -2.36. The molecule has 1 aromatic carbocycles. The average molecular weight is 334 g/mol. The van der Waals surface area contributed by atoms with Gasteiger partial charge in [0.05, 0.1) is 11.7 Å². The first-order valence-electron chi connectivity index (χ1n) is 4.95. The topological polar surface area (TPSA) is 64.3 Å². The van der Waals surface area contributed by atoms with Gasteiger partial charge in [-0.1, -0.05) is 12.1 Å². The van der Waals surface area contributed by atoms with Crippen LogP contribution >= 0.6 is 22.6 Å². The molecule has 5 heteroatoms. The largest absolute Gasteiger partial charge is 0.385 e. The van der Waals surface area contributed by atoms with Gasteiger partial charge in [0.15, 0.2) is 0 Å². The highest BCUT2D eigenvalue weighted by molar-refractivity contribution is 14.1. The highest BCUT2D eigenvalue weighted by atomic mass is 127. The van der Waals surface area contributed by atoms with Crippen molar-refractivity contribution >= 4 is 34.2 Å². The van der Waals surface area contributed by atoms with E-state index in [0.717, 1.165) is 9.26 Å². The van der Waals surface area contributed by atoms with Crippen molar-refractivity contribution in [2.45, 2.75) is 12.5 Å². The molecule has 0 aliphatic rings. The fourth-order valence-electron chi connectivity index (χ4n) is 1.16. The van der Waals surface area contributed by atoms with Gasteiger partial charge in [-0.15, -0.1) is 0 Å². The predicted molar refractivity (Wildman–Crippen MR) is 72.3 cm³/mol. The lowest BCUT2D eigenvalue weighted by atomic mass is 10.2. The zero-order valence-corrected chi connectivity index (χ0v) is 11.2. The van der Waals surface area contributed by atoms with Gasteiger partial charge in [-0.05, 0) is 41.1 Å². The molecule has 0 saturated carbocycles. The van der Waals surface area contributed by atoms with Crippen LogP contribution in [0.5, 0.6) is 0 Å². The van der Waals surface area contributed by atoms with Crippen LogP contribution in [0.4, 0.5) is 5.69 Å². The number of carbonyl (C=O) groups is 1. The van der Waals surface area contributed by atoms with Gasteiger partial charge in [0, 0.05) is 17.3 Å². The first-order chi connectivity index (χ1) is 7.65. The van der Waals surface area contributed by atoms with Crippen molar-refractivity contribution in [3.63, 3.8) is 0 Å². The fraction of sp³-hybridized carbons (Fsp3) is 0.364. The van der Waals surface area contributed by atoms with Gasteiger partial charge in [-0.3, -0.25) is 4.79 Å². The zero-order valence-electron chi connectivity index (χ0n) is 9.07. The fourth-order valence-corrected chi connectivity index (χ4v) is 1.69. The summed E-state index contributed by atoms with van der Waals surface area (Å²) in [5.74, 6) is -0.179. The number of hydrogen-bond acceptors (Lipinski definition) is 3. The molecule has 0 heterocycles. The smallest absolute Gasteiger partial charge is 0.241 e. The van der Waals surface area contributed by atoms with Crippen LogP contribution in [-0.2, 0) is 9.53 Å². The third kappa shape index (κ3) is 4.07. The Bertz CT molecular complexity index is 358. The summed E-state index contributed by atoms with van der Waals surface area (Å²) >= 11 is 2.17. The van der Waals surface area contributed by atoms with Crippen LogP contribution in [0.25, 0.3) is 0 Å². The van der Waals surface area contributed by atoms with E-state index in [4.69, 9.17) is 10.5 Å². The van der Waals surface area contributed by atoms with Crippen LogP contribution in [0.15, 0.2) is 24.3 Å². The molecule has 0 saturated heterocycles. The Labute approximate surface area is 109 Å². The summed E-state index contributed by atoms with van der Waals surface area (Å²) in [6.45, 7) is 0.487. The van der Waals surface area contributed by atoms with E-state index in [9.17, 15) is 4.79 Å². The quantitative estimate of drug-likeness (QED) is 0.804. The number of nitrogens with two attached hydrogens (primary N) is 1. The number of anilines is 1. The summed E-state index contributed by atoms with van der Waals surface area (Å²) in [6, 6.07) is 7.04. The van der Waals surface area contributed by atoms with E-state index in [1.54, 1.807) is 7.11 Å². The number of para-hydroxylation sites is 1. The van der Waals surface area contributed by atoms with Gasteiger partial charge in [-0.2, -0.15) is 0 Å². The predicted octanol–water partition coefficient (Wildman–Crippen LogP) is 1.59. The number of hydrogen-bond donors (Lipinski definition) is 2.